The first-order chi connectivity index (χ1) is 12.7. The van der Waals surface area contributed by atoms with E-state index in [2.05, 4.69) is 22.1 Å². The molecule has 2 aromatic heterocycles. The number of carbonyl (C=O) groups is 1. The molecule has 3 heterocycles. The lowest BCUT2D eigenvalue weighted by Gasteiger charge is -2.33. The Balaban J connectivity index is 1.58. The number of ether oxygens (including phenoxy) is 1. The second-order valence-corrected chi connectivity index (χ2v) is 7.26. The number of nitrogens with zero attached hydrogens (tertiary/aromatic N) is 3. The van der Waals surface area contributed by atoms with E-state index in [4.69, 9.17) is 4.74 Å². The van der Waals surface area contributed by atoms with Crippen molar-refractivity contribution >= 4 is 5.91 Å². The van der Waals surface area contributed by atoms with Gasteiger partial charge in [-0.2, -0.15) is 5.10 Å². The molecular weight excluding hydrogens is 328 g/mol. The van der Waals surface area contributed by atoms with Gasteiger partial charge in [0.1, 0.15) is 5.56 Å². The highest BCUT2D eigenvalue weighted by molar-refractivity contribution is 5.96. The summed E-state index contributed by atoms with van der Waals surface area (Å²) in [6.45, 7) is 3.64. The third-order valence-corrected chi connectivity index (χ3v) is 5.69. The molecule has 1 saturated heterocycles. The van der Waals surface area contributed by atoms with Crippen molar-refractivity contribution in [2.24, 2.45) is 0 Å². The molecule has 138 valence electrons. The van der Waals surface area contributed by atoms with Crippen LogP contribution >= 0.6 is 0 Å². The van der Waals surface area contributed by atoms with Crippen LogP contribution in [-0.4, -0.2) is 46.2 Å². The van der Waals surface area contributed by atoms with Gasteiger partial charge in [-0.25, -0.2) is 4.98 Å². The van der Waals surface area contributed by atoms with Crippen LogP contribution in [0.4, 0.5) is 0 Å². The highest BCUT2D eigenvalue weighted by Gasteiger charge is 2.30. The number of aryl methyl sites for hydroxylation is 3. The fraction of sp³-hybridized carbons (Fsp3) is 0.550. The lowest BCUT2D eigenvalue weighted by molar-refractivity contribution is 0.0701. The Labute approximate surface area is 154 Å². The summed E-state index contributed by atoms with van der Waals surface area (Å²) in [6, 6.07) is 2.01. The van der Waals surface area contributed by atoms with Gasteiger partial charge in [0.2, 0.25) is 5.88 Å². The number of hydrogen-bond acceptors (Lipinski definition) is 4. The smallest absolute Gasteiger partial charge is 0.259 e. The largest absolute Gasteiger partial charge is 0.480 e. The van der Waals surface area contributed by atoms with Gasteiger partial charge < -0.3 is 9.64 Å². The van der Waals surface area contributed by atoms with E-state index in [1.807, 2.05) is 17.2 Å². The lowest BCUT2D eigenvalue weighted by Crippen LogP contribution is -2.39. The lowest BCUT2D eigenvalue weighted by atomic mass is 9.91. The number of aromatic nitrogens is 3. The molecule has 1 fully saturated rings. The maximum Gasteiger partial charge on any atom is 0.259 e. The molecule has 0 radical (unpaired) electrons. The van der Waals surface area contributed by atoms with E-state index in [-0.39, 0.29) is 5.91 Å². The van der Waals surface area contributed by atoms with Crippen molar-refractivity contribution in [1.82, 2.24) is 20.1 Å². The van der Waals surface area contributed by atoms with Crippen LogP contribution in [0.5, 0.6) is 5.88 Å². The summed E-state index contributed by atoms with van der Waals surface area (Å²) in [6.07, 6.45) is 8.03. The average molecular weight is 354 g/mol. The molecule has 1 aliphatic carbocycles. The fourth-order valence-electron chi connectivity index (χ4n) is 4.29. The Morgan fingerprint density at radius 2 is 2.27 bits per heavy atom. The summed E-state index contributed by atoms with van der Waals surface area (Å²) >= 11 is 0. The van der Waals surface area contributed by atoms with E-state index in [9.17, 15) is 4.79 Å². The molecule has 1 N–H and O–H groups in total. The topological polar surface area (TPSA) is 71.1 Å². The molecule has 4 rings (SSSR count). The Kier molecular flexibility index (Phi) is 4.66. The molecule has 2 aromatic rings. The van der Waals surface area contributed by atoms with Crippen LogP contribution in [-0.2, 0) is 19.3 Å². The zero-order valence-electron chi connectivity index (χ0n) is 15.5. The number of hydrogen-bond donors (Lipinski definition) is 1. The van der Waals surface area contributed by atoms with Crippen LogP contribution in [0.25, 0.3) is 0 Å². The van der Waals surface area contributed by atoms with Gasteiger partial charge in [-0.1, -0.05) is 6.92 Å². The van der Waals surface area contributed by atoms with Gasteiger partial charge in [0.05, 0.1) is 13.3 Å². The summed E-state index contributed by atoms with van der Waals surface area (Å²) in [5.41, 5.74) is 5.32. The number of carbonyl (C=O) groups excluding carboxylic acids is 1. The van der Waals surface area contributed by atoms with E-state index in [1.165, 1.54) is 16.8 Å². The molecule has 6 heteroatoms. The van der Waals surface area contributed by atoms with Crippen LogP contribution in [0.3, 0.4) is 0 Å². The number of likely N-dealkylation sites (tertiary alicyclic amines) is 1. The number of rotatable bonds is 4. The van der Waals surface area contributed by atoms with Gasteiger partial charge in [0, 0.05) is 30.4 Å². The van der Waals surface area contributed by atoms with Gasteiger partial charge in [0.15, 0.2) is 0 Å². The first-order valence-corrected chi connectivity index (χ1v) is 9.59. The average Bonchev–Trinajstić information content (AvgIpc) is 3.34. The summed E-state index contributed by atoms with van der Waals surface area (Å²) < 4.78 is 5.44. The van der Waals surface area contributed by atoms with Crippen LogP contribution in [0.15, 0.2) is 12.3 Å². The van der Waals surface area contributed by atoms with Crippen molar-refractivity contribution < 1.29 is 9.53 Å². The normalized spacial score (nSPS) is 19.5. The predicted octanol–water partition coefficient (Wildman–Crippen LogP) is 2.88. The number of H-pyrrole nitrogens is 1. The highest BCUT2D eigenvalue weighted by Crippen LogP contribution is 2.31. The highest BCUT2D eigenvalue weighted by atomic mass is 16.5. The summed E-state index contributed by atoms with van der Waals surface area (Å²) in [7, 11) is 1.59. The first kappa shape index (κ1) is 17.1. The Bertz CT molecular complexity index is 814. The maximum absolute atomic E-state index is 13.2. The molecule has 1 amide bonds. The summed E-state index contributed by atoms with van der Waals surface area (Å²) in [5, 5.41) is 7.36. The van der Waals surface area contributed by atoms with Crippen molar-refractivity contribution in [2.75, 3.05) is 20.2 Å². The predicted molar refractivity (Wildman–Crippen MR) is 98.7 cm³/mol. The van der Waals surface area contributed by atoms with E-state index in [1.54, 1.807) is 7.11 Å². The van der Waals surface area contributed by atoms with Crippen molar-refractivity contribution in [3.05, 3.63) is 40.3 Å². The molecule has 2 aliphatic rings. The van der Waals surface area contributed by atoms with Crippen LogP contribution in [0, 0.1) is 0 Å². The molecule has 6 nitrogen and oxygen atoms in total. The second kappa shape index (κ2) is 7.09. The number of piperidine rings is 1. The summed E-state index contributed by atoms with van der Waals surface area (Å²) in [4.78, 5) is 19.8. The molecule has 0 spiro atoms. The number of fused-ring (bicyclic) bond motifs is 1. The van der Waals surface area contributed by atoms with Gasteiger partial charge in [0.25, 0.3) is 5.91 Å². The molecule has 1 aliphatic heterocycles. The molecule has 1 atom stereocenters. The number of amides is 1. The zero-order valence-corrected chi connectivity index (χ0v) is 15.5. The number of nitrogens with one attached hydrogen (secondary N) is 1. The Morgan fingerprint density at radius 1 is 1.38 bits per heavy atom. The minimum Gasteiger partial charge on any atom is -0.480 e. The standard InChI is InChI=1S/C20H26N4O2/c1-3-13-11-21-23-18(13)15-7-5-9-24(12-15)20(25)16-10-14-6-4-8-17(14)22-19(16)26-2/h10-11,15H,3-9,12H2,1-2H3,(H,21,23)/t15-/m1/s1. The number of pyridine rings is 1. The molecule has 0 saturated carbocycles. The van der Waals surface area contributed by atoms with Crippen molar-refractivity contribution in [3.63, 3.8) is 0 Å². The van der Waals surface area contributed by atoms with Crippen molar-refractivity contribution in [2.45, 2.75) is 51.4 Å². The van der Waals surface area contributed by atoms with Crippen LogP contribution in [0.2, 0.25) is 0 Å². The van der Waals surface area contributed by atoms with Gasteiger partial charge in [-0.3, -0.25) is 9.89 Å². The van der Waals surface area contributed by atoms with E-state index >= 15 is 0 Å². The first-order valence-electron chi connectivity index (χ1n) is 9.59. The quantitative estimate of drug-likeness (QED) is 0.916. The number of aromatic amines is 1. The van der Waals surface area contributed by atoms with Crippen LogP contribution < -0.4 is 4.74 Å². The molecular formula is C20H26N4O2. The second-order valence-electron chi connectivity index (χ2n) is 7.26. The Hall–Kier alpha value is -2.37. The zero-order chi connectivity index (χ0) is 18.1. The molecule has 0 aromatic carbocycles. The van der Waals surface area contributed by atoms with E-state index in [0.29, 0.717) is 23.9 Å². The van der Waals surface area contributed by atoms with Gasteiger partial charge >= 0.3 is 0 Å². The summed E-state index contributed by atoms with van der Waals surface area (Å²) in [5.74, 6) is 0.818. The third-order valence-electron chi connectivity index (χ3n) is 5.69. The van der Waals surface area contributed by atoms with Crippen molar-refractivity contribution in [3.8, 4) is 5.88 Å². The number of methoxy groups -OCH3 is 1. The van der Waals surface area contributed by atoms with Gasteiger partial charge in [-0.05, 0) is 55.7 Å². The van der Waals surface area contributed by atoms with E-state index < -0.39 is 0 Å². The minimum atomic E-state index is 0.0336. The monoisotopic (exact) mass is 354 g/mol. The van der Waals surface area contributed by atoms with Crippen LogP contribution in [0.1, 0.15) is 65.0 Å². The molecule has 0 bridgehead atoms. The van der Waals surface area contributed by atoms with Gasteiger partial charge in [-0.15, -0.1) is 0 Å². The maximum atomic E-state index is 13.2. The SMILES string of the molecule is CCc1cn[nH]c1[C@@H]1CCCN(C(=O)c2cc3c(nc2OC)CCC3)C1. The fourth-order valence-corrected chi connectivity index (χ4v) is 4.29. The van der Waals surface area contributed by atoms with E-state index in [0.717, 1.165) is 50.8 Å². The Morgan fingerprint density at radius 3 is 3.08 bits per heavy atom. The molecule has 0 unspecified atom stereocenters. The molecule has 26 heavy (non-hydrogen) atoms. The third kappa shape index (κ3) is 2.97. The van der Waals surface area contributed by atoms with Crippen molar-refractivity contribution in [1.29, 1.82) is 0 Å². The minimum absolute atomic E-state index is 0.0336.